The Kier molecular flexibility index (Phi) is 7.59. The molecule has 3 aromatic carbocycles. The molecule has 1 fully saturated rings. The number of carbonyl (C=O) groups is 2. The van der Waals surface area contributed by atoms with Crippen molar-refractivity contribution in [2.75, 3.05) is 18.6 Å². The predicted octanol–water partition coefficient (Wildman–Crippen LogP) is 6.69. The van der Waals surface area contributed by atoms with E-state index in [1.165, 1.54) is 36.3 Å². The Morgan fingerprint density at radius 3 is 2.30 bits per heavy atom. The van der Waals surface area contributed by atoms with Gasteiger partial charge in [0.05, 0.1) is 35.4 Å². The summed E-state index contributed by atoms with van der Waals surface area (Å²) in [5.41, 5.74) is 1.41. The van der Waals surface area contributed by atoms with E-state index in [1.807, 2.05) is 0 Å². The molecule has 0 aliphatic carbocycles. The number of halogens is 3. The van der Waals surface area contributed by atoms with Gasteiger partial charge in [-0.2, -0.15) is 0 Å². The minimum Gasteiger partial charge on any atom is -0.507 e. The van der Waals surface area contributed by atoms with E-state index in [-0.39, 0.29) is 45.0 Å². The summed E-state index contributed by atoms with van der Waals surface area (Å²) in [6.45, 7) is 3.78. The molecular formula is C27H22Cl3NO6. The van der Waals surface area contributed by atoms with E-state index in [9.17, 15) is 19.8 Å². The smallest absolute Gasteiger partial charge is 0.300 e. The van der Waals surface area contributed by atoms with Gasteiger partial charge in [0.15, 0.2) is 17.2 Å². The first-order valence-electron chi connectivity index (χ1n) is 11.1. The Bertz CT molecular complexity index is 1430. The molecule has 4 rings (SSSR count). The first-order chi connectivity index (χ1) is 17.6. The van der Waals surface area contributed by atoms with Crippen LogP contribution in [0.3, 0.4) is 0 Å². The van der Waals surface area contributed by atoms with Crippen LogP contribution in [0.25, 0.3) is 5.76 Å². The minimum atomic E-state index is -1.07. The van der Waals surface area contributed by atoms with Gasteiger partial charge in [0, 0.05) is 16.3 Å². The fourth-order valence-electron chi connectivity index (χ4n) is 4.30. The fraction of sp³-hybridized carbons (Fsp3) is 0.185. The second-order valence-corrected chi connectivity index (χ2v) is 9.48. The van der Waals surface area contributed by atoms with Crippen molar-refractivity contribution in [2.24, 2.45) is 0 Å². The standard InChI is InChI=1S/C27H22Cl3NO6/c1-4-37-21-12-14(5-8-20(21)32)23-22(24(33)15-10-17(29)26(36-3)18(30)11-15)25(34)27(35)31(23)19-7-6-16(28)9-13(19)2/h5-12,23,32-33H,4H2,1-3H3/b24-22+. The molecule has 0 bridgehead atoms. The molecule has 0 saturated carbocycles. The molecule has 0 aromatic heterocycles. The lowest BCUT2D eigenvalue weighted by molar-refractivity contribution is -0.132. The molecule has 2 N–H and O–H groups in total. The molecule has 3 aromatic rings. The van der Waals surface area contributed by atoms with E-state index < -0.39 is 23.5 Å². The van der Waals surface area contributed by atoms with Gasteiger partial charge in [0.25, 0.3) is 11.7 Å². The maximum absolute atomic E-state index is 13.4. The zero-order valence-electron chi connectivity index (χ0n) is 20.0. The average molecular weight is 563 g/mol. The lowest BCUT2D eigenvalue weighted by atomic mass is 9.94. The summed E-state index contributed by atoms with van der Waals surface area (Å²) in [6, 6.07) is 11.1. The van der Waals surface area contributed by atoms with Gasteiger partial charge in [-0.1, -0.05) is 40.9 Å². The van der Waals surface area contributed by atoms with E-state index >= 15 is 0 Å². The molecule has 1 saturated heterocycles. The van der Waals surface area contributed by atoms with Crippen molar-refractivity contribution < 1.29 is 29.3 Å². The first kappa shape index (κ1) is 26.7. The Hall–Kier alpha value is -3.39. The molecule has 1 amide bonds. The molecule has 1 heterocycles. The monoisotopic (exact) mass is 561 g/mol. The summed E-state index contributed by atoms with van der Waals surface area (Å²) in [6.07, 6.45) is 0. The van der Waals surface area contributed by atoms with Crippen LogP contribution < -0.4 is 14.4 Å². The second kappa shape index (κ2) is 10.5. The Morgan fingerprint density at radius 1 is 1.03 bits per heavy atom. The highest BCUT2D eigenvalue weighted by Crippen LogP contribution is 2.46. The van der Waals surface area contributed by atoms with Gasteiger partial charge in [0.2, 0.25) is 0 Å². The van der Waals surface area contributed by atoms with Crippen LogP contribution in [0.4, 0.5) is 5.69 Å². The summed E-state index contributed by atoms with van der Waals surface area (Å²) in [4.78, 5) is 28.1. The van der Waals surface area contributed by atoms with Gasteiger partial charge in [0.1, 0.15) is 5.76 Å². The van der Waals surface area contributed by atoms with E-state index in [0.717, 1.165) is 0 Å². The number of rotatable bonds is 6. The van der Waals surface area contributed by atoms with Gasteiger partial charge in [-0.25, -0.2) is 0 Å². The topological polar surface area (TPSA) is 96.3 Å². The number of benzene rings is 3. The third-order valence-corrected chi connectivity index (χ3v) is 6.73. The summed E-state index contributed by atoms with van der Waals surface area (Å²) in [5, 5.41) is 22.3. The van der Waals surface area contributed by atoms with Crippen LogP contribution in [-0.2, 0) is 9.59 Å². The van der Waals surface area contributed by atoms with Crippen molar-refractivity contribution in [3.05, 3.63) is 85.9 Å². The lowest BCUT2D eigenvalue weighted by Crippen LogP contribution is -2.30. The number of ketones is 1. The Morgan fingerprint density at radius 2 is 1.70 bits per heavy atom. The van der Waals surface area contributed by atoms with Gasteiger partial charge in [-0.3, -0.25) is 14.5 Å². The largest absolute Gasteiger partial charge is 0.507 e. The molecule has 1 unspecified atom stereocenters. The van der Waals surface area contributed by atoms with Crippen LogP contribution in [-0.4, -0.2) is 35.6 Å². The molecule has 7 nitrogen and oxygen atoms in total. The number of aliphatic hydroxyl groups excluding tert-OH is 1. The number of hydrogen-bond acceptors (Lipinski definition) is 6. The third-order valence-electron chi connectivity index (χ3n) is 5.94. The van der Waals surface area contributed by atoms with Gasteiger partial charge in [-0.15, -0.1) is 0 Å². The third kappa shape index (κ3) is 4.82. The number of amides is 1. The van der Waals surface area contributed by atoms with Crippen LogP contribution in [0.5, 0.6) is 17.2 Å². The van der Waals surface area contributed by atoms with Crippen molar-refractivity contribution >= 4 is 57.9 Å². The number of Topliss-reactive ketones (excluding diaryl/α,β-unsaturated/α-hetero) is 1. The minimum absolute atomic E-state index is 0.110. The predicted molar refractivity (Wildman–Crippen MR) is 143 cm³/mol. The second-order valence-electron chi connectivity index (χ2n) is 8.23. The molecule has 0 spiro atoms. The van der Waals surface area contributed by atoms with E-state index in [2.05, 4.69) is 0 Å². The molecule has 1 atom stereocenters. The SMILES string of the molecule is CCOc1cc(C2/C(=C(\O)c3cc(Cl)c(OC)c(Cl)c3)C(=O)C(=O)N2c2ccc(Cl)cc2C)ccc1O. The van der Waals surface area contributed by atoms with E-state index in [1.54, 1.807) is 38.1 Å². The number of aliphatic hydroxyl groups is 1. The lowest BCUT2D eigenvalue weighted by Gasteiger charge is -2.27. The Labute approximate surface area is 228 Å². The number of phenolic OH excluding ortho intramolecular Hbond substituents is 1. The first-order valence-corrected chi connectivity index (χ1v) is 12.3. The van der Waals surface area contributed by atoms with Crippen LogP contribution in [0, 0.1) is 6.92 Å². The number of carbonyl (C=O) groups excluding carboxylic acids is 2. The van der Waals surface area contributed by atoms with Crippen LogP contribution in [0.15, 0.2) is 54.1 Å². The zero-order valence-corrected chi connectivity index (χ0v) is 22.3. The number of nitrogens with zero attached hydrogens (tertiary/aromatic N) is 1. The van der Waals surface area contributed by atoms with Gasteiger partial charge in [-0.05, 0) is 67.4 Å². The highest BCUT2D eigenvalue weighted by atomic mass is 35.5. The number of phenols is 1. The fourth-order valence-corrected chi connectivity index (χ4v) is 5.17. The van der Waals surface area contributed by atoms with Crippen molar-refractivity contribution in [3.63, 3.8) is 0 Å². The molecule has 10 heteroatoms. The normalized spacial score (nSPS) is 16.8. The molecule has 37 heavy (non-hydrogen) atoms. The summed E-state index contributed by atoms with van der Waals surface area (Å²) in [5.74, 6) is -1.99. The molecule has 192 valence electrons. The molecule has 1 aliphatic rings. The number of methoxy groups -OCH3 is 1. The Balaban J connectivity index is 2.00. The van der Waals surface area contributed by atoms with Gasteiger partial charge < -0.3 is 19.7 Å². The molecule has 1 aliphatic heterocycles. The summed E-state index contributed by atoms with van der Waals surface area (Å²) >= 11 is 18.7. The van der Waals surface area contributed by atoms with Crippen molar-refractivity contribution in [2.45, 2.75) is 19.9 Å². The number of aryl methyl sites for hydroxylation is 1. The van der Waals surface area contributed by atoms with Crippen molar-refractivity contribution in [1.29, 1.82) is 0 Å². The van der Waals surface area contributed by atoms with E-state index in [4.69, 9.17) is 44.3 Å². The van der Waals surface area contributed by atoms with Crippen LogP contribution >= 0.6 is 34.8 Å². The maximum Gasteiger partial charge on any atom is 0.300 e. The molecule has 0 radical (unpaired) electrons. The summed E-state index contributed by atoms with van der Waals surface area (Å²) in [7, 11) is 1.40. The number of ether oxygens (including phenoxy) is 2. The zero-order chi connectivity index (χ0) is 27.0. The highest BCUT2D eigenvalue weighted by Gasteiger charge is 2.47. The van der Waals surface area contributed by atoms with Gasteiger partial charge >= 0.3 is 0 Å². The summed E-state index contributed by atoms with van der Waals surface area (Å²) < 4.78 is 10.7. The number of hydrogen-bond donors (Lipinski definition) is 2. The van der Waals surface area contributed by atoms with E-state index in [0.29, 0.717) is 21.8 Å². The van der Waals surface area contributed by atoms with Crippen LogP contribution in [0.2, 0.25) is 15.1 Å². The van der Waals surface area contributed by atoms with Crippen molar-refractivity contribution in [1.82, 2.24) is 0 Å². The van der Waals surface area contributed by atoms with Crippen molar-refractivity contribution in [3.8, 4) is 17.2 Å². The maximum atomic E-state index is 13.4. The highest BCUT2D eigenvalue weighted by molar-refractivity contribution is 6.52. The number of aromatic hydroxyl groups is 1. The quantitative estimate of drug-likeness (QED) is 0.197. The average Bonchev–Trinajstić information content (AvgIpc) is 3.10. The number of anilines is 1. The van der Waals surface area contributed by atoms with Crippen LogP contribution in [0.1, 0.15) is 29.7 Å². The molecular weight excluding hydrogens is 541 g/mol.